The lowest BCUT2D eigenvalue weighted by Gasteiger charge is -2.18. The number of fused-ring (bicyclic) bond motifs is 1. The van der Waals surface area contributed by atoms with Gasteiger partial charge in [0, 0.05) is 16.1 Å². The van der Waals surface area contributed by atoms with Crippen LogP contribution < -0.4 is 8.37 Å². The van der Waals surface area contributed by atoms with Crippen LogP contribution in [-0.2, 0) is 19.4 Å². The second kappa shape index (κ2) is 4.65. The second-order valence-electron chi connectivity index (χ2n) is 3.59. The Morgan fingerprint density at radius 2 is 2.00 bits per heavy atom. The van der Waals surface area contributed by atoms with Crippen molar-refractivity contribution in [3.8, 4) is 11.5 Å². The third kappa shape index (κ3) is 3.22. The van der Waals surface area contributed by atoms with Gasteiger partial charge in [0.05, 0.1) is 15.6 Å². The molecule has 0 unspecified atom stereocenters. The smallest absolute Gasteiger partial charge is 0.374 e. The van der Waals surface area contributed by atoms with Gasteiger partial charge in [-0.15, -0.1) is 0 Å². The maximum Gasteiger partial charge on any atom is 0.401 e. The molecular formula is C9H6BrClO6S2. The maximum atomic E-state index is 11.6. The lowest BCUT2D eigenvalue weighted by atomic mass is 10.1. The van der Waals surface area contributed by atoms with E-state index >= 15 is 0 Å². The van der Waals surface area contributed by atoms with Gasteiger partial charge < -0.3 is 8.37 Å². The van der Waals surface area contributed by atoms with Crippen LogP contribution in [0.15, 0.2) is 21.5 Å². The highest BCUT2D eigenvalue weighted by Crippen LogP contribution is 2.41. The predicted molar refractivity (Wildman–Crippen MR) is 72.7 cm³/mol. The van der Waals surface area contributed by atoms with Crippen molar-refractivity contribution >= 4 is 52.1 Å². The van der Waals surface area contributed by atoms with Gasteiger partial charge in [-0.05, 0) is 19.1 Å². The zero-order valence-electron chi connectivity index (χ0n) is 9.25. The van der Waals surface area contributed by atoms with E-state index in [-0.39, 0.29) is 16.4 Å². The Kier molecular flexibility index (Phi) is 3.58. The van der Waals surface area contributed by atoms with E-state index in [4.69, 9.17) is 14.9 Å². The lowest BCUT2D eigenvalue weighted by Crippen LogP contribution is -2.15. The van der Waals surface area contributed by atoms with Crippen molar-refractivity contribution in [2.75, 3.05) is 0 Å². The molecule has 104 valence electrons. The predicted octanol–water partition coefficient (Wildman–Crippen LogP) is 2.39. The van der Waals surface area contributed by atoms with Gasteiger partial charge in [0.2, 0.25) is 0 Å². The first-order valence-electron chi connectivity index (χ1n) is 4.69. The average Bonchev–Trinajstić information content (AvgIpc) is 2.19. The summed E-state index contributed by atoms with van der Waals surface area (Å²) in [4.78, 5) is -0.00205. The molecule has 10 heteroatoms. The SMILES string of the molecule is CC1=Cc2cc(Br)cc(OS(=O)(=O)Cl)c2OS1(=O)=O. The van der Waals surface area contributed by atoms with Crippen molar-refractivity contribution in [3.05, 3.63) is 27.1 Å². The first-order valence-corrected chi connectivity index (χ1v) is 9.12. The molecule has 1 aliphatic heterocycles. The zero-order valence-corrected chi connectivity index (χ0v) is 13.2. The van der Waals surface area contributed by atoms with Gasteiger partial charge in [0.25, 0.3) is 0 Å². The molecule has 0 radical (unpaired) electrons. The molecule has 0 aromatic heterocycles. The summed E-state index contributed by atoms with van der Waals surface area (Å²) in [5.41, 5.74) is 0.358. The molecule has 0 fully saturated rings. The molecule has 0 aliphatic carbocycles. The van der Waals surface area contributed by atoms with Crippen molar-refractivity contribution in [1.29, 1.82) is 0 Å². The van der Waals surface area contributed by atoms with E-state index in [9.17, 15) is 16.8 Å². The van der Waals surface area contributed by atoms with E-state index in [1.165, 1.54) is 19.1 Å². The molecule has 0 bridgehead atoms. The third-order valence-electron chi connectivity index (χ3n) is 2.18. The summed E-state index contributed by atoms with van der Waals surface area (Å²) >= 11 is 3.15. The molecule has 0 amide bonds. The van der Waals surface area contributed by atoms with E-state index in [1.807, 2.05) is 0 Å². The number of rotatable bonds is 2. The highest BCUT2D eigenvalue weighted by atomic mass is 79.9. The fraction of sp³-hybridized carbons (Fsp3) is 0.111. The summed E-state index contributed by atoms with van der Waals surface area (Å²) in [6.45, 7) is 1.36. The summed E-state index contributed by atoms with van der Waals surface area (Å²) in [5.74, 6) is -0.537. The fourth-order valence-corrected chi connectivity index (χ4v) is 3.22. The summed E-state index contributed by atoms with van der Waals surface area (Å²) < 4.78 is 54.9. The van der Waals surface area contributed by atoms with Crippen LogP contribution >= 0.6 is 26.6 Å². The van der Waals surface area contributed by atoms with Crippen LogP contribution in [0.5, 0.6) is 11.5 Å². The number of allylic oxidation sites excluding steroid dienone is 1. The molecule has 0 spiro atoms. The fourth-order valence-electron chi connectivity index (χ4n) is 1.42. The number of benzene rings is 1. The Morgan fingerprint density at radius 1 is 1.37 bits per heavy atom. The zero-order chi connectivity index (χ0) is 14.4. The molecule has 1 aliphatic rings. The quantitative estimate of drug-likeness (QED) is 0.570. The van der Waals surface area contributed by atoms with E-state index in [2.05, 4.69) is 20.1 Å². The van der Waals surface area contributed by atoms with Crippen molar-refractivity contribution in [2.45, 2.75) is 6.92 Å². The van der Waals surface area contributed by atoms with Crippen LogP contribution in [0.25, 0.3) is 6.08 Å². The van der Waals surface area contributed by atoms with Gasteiger partial charge in [0.1, 0.15) is 0 Å². The molecule has 1 aromatic rings. The highest BCUT2D eigenvalue weighted by Gasteiger charge is 2.28. The third-order valence-corrected chi connectivity index (χ3v) is 4.50. The minimum Gasteiger partial charge on any atom is -0.374 e. The van der Waals surface area contributed by atoms with Gasteiger partial charge in [-0.1, -0.05) is 15.9 Å². The minimum atomic E-state index is -4.32. The molecule has 0 atom stereocenters. The normalized spacial score (nSPS) is 17.1. The number of hydrogen-bond donors (Lipinski definition) is 0. The Hall–Kier alpha value is -0.770. The largest absolute Gasteiger partial charge is 0.401 e. The number of halogens is 2. The van der Waals surface area contributed by atoms with Gasteiger partial charge in [-0.25, -0.2) is 0 Å². The van der Waals surface area contributed by atoms with Crippen LogP contribution in [0.1, 0.15) is 12.5 Å². The van der Waals surface area contributed by atoms with Crippen molar-refractivity contribution < 1.29 is 25.2 Å². The molecule has 6 nitrogen and oxygen atoms in total. The van der Waals surface area contributed by atoms with Crippen molar-refractivity contribution in [3.63, 3.8) is 0 Å². The Balaban J connectivity index is 2.68. The summed E-state index contributed by atoms with van der Waals surface area (Å²) in [5, 5.41) is 0. The van der Waals surface area contributed by atoms with Gasteiger partial charge >= 0.3 is 19.4 Å². The van der Waals surface area contributed by atoms with Crippen molar-refractivity contribution in [1.82, 2.24) is 0 Å². The molecule has 0 saturated carbocycles. The summed E-state index contributed by atoms with van der Waals surface area (Å²) in [6, 6.07) is 2.80. The molecule has 0 saturated heterocycles. The van der Waals surface area contributed by atoms with E-state index in [0.717, 1.165) is 0 Å². The maximum absolute atomic E-state index is 11.6. The van der Waals surface area contributed by atoms with Gasteiger partial charge in [0.15, 0.2) is 11.5 Å². The molecule has 2 rings (SSSR count). The van der Waals surface area contributed by atoms with Gasteiger partial charge in [-0.3, -0.25) is 0 Å². The first kappa shape index (κ1) is 14.6. The second-order valence-corrected chi connectivity index (χ2v) is 8.31. The van der Waals surface area contributed by atoms with Crippen LogP contribution in [0, 0.1) is 0 Å². The van der Waals surface area contributed by atoms with Crippen LogP contribution in [0.2, 0.25) is 0 Å². The Morgan fingerprint density at radius 3 is 2.58 bits per heavy atom. The minimum absolute atomic E-state index is 0.00205. The standard InChI is InChI=1S/C9H6BrClO6S2/c1-5-2-6-3-7(10)4-8(16-19(11,14)15)9(6)17-18(5,12)13/h2-4H,1H3. The molecule has 19 heavy (non-hydrogen) atoms. The van der Waals surface area contributed by atoms with Gasteiger partial charge in [-0.2, -0.15) is 16.8 Å². The van der Waals surface area contributed by atoms with Crippen LogP contribution in [0.3, 0.4) is 0 Å². The van der Waals surface area contributed by atoms with E-state index < -0.39 is 19.4 Å². The Bertz CT molecular complexity index is 781. The van der Waals surface area contributed by atoms with Crippen molar-refractivity contribution in [2.24, 2.45) is 0 Å². The average molecular weight is 390 g/mol. The van der Waals surface area contributed by atoms with Crippen LogP contribution in [0.4, 0.5) is 0 Å². The highest BCUT2D eigenvalue weighted by molar-refractivity contribution is 9.10. The van der Waals surface area contributed by atoms with E-state index in [1.54, 1.807) is 6.07 Å². The Labute approximate surface area is 122 Å². The topological polar surface area (TPSA) is 86.7 Å². The first-order chi connectivity index (χ1) is 8.58. The monoisotopic (exact) mass is 388 g/mol. The molecule has 1 aromatic carbocycles. The molecule has 1 heterocycles. The summed E-state index contributed by atoms with van der Waals surface area (Å²) in [7, 11) is -3.28. The summed E-state index contributed by atoms with van der Waals surface area (Å²) in [6.07, 6.45) is 1.34. The molecular weight excluding hydrogens is 384 g/mol. The number of hydrogen-bond acceptors (Lipinski definition) is 6. The van der Waals surface area contributed by atoms with Crippen LogP contribution in [-0.4, -0.2) is 16.8 Å². The molecule has 0 N–H and O–H groups in total. The lowest BCUT2D eigenvalue weighted by molar-refractivity contribution is 0.458. The van der Waals surface area contributed by atoms with E-state index in [0.29, 0.717) is 10.0 Å².